The Kier molecular flexibility index (Phi) is 5.01. The molecule has 1 rings (SSSR count). The Balaban J connectivity index is 0.00000225. The zero-order valence-corrected chi connectivity index (χ0v) is 11.5. The van der Waals surface area contributed by atoms with Crippen LogP contribution >= 0.6 is 0 Å². The predicted octanol–water partition coefficient (Wildman–Crippen LogP) is -2.06. The van der Waals surface area contributed by atoms with Gasteiger partial charge < -0.3 is 19.8 Å². The number of benzene rings is 1. The minimum atomic E-state index is -1.69. The van der Waals surface area contributed by atoms with E-state index in [0.29, 0.717) is 12.1 Å². The number of nitro benzene ring substituents is 1. The van der Waals surface area contributed by atoms with Gasteiger partial charge in [-0.3, -0.25) is 10.1 Å². The molecule has 0 aliphatic heterocycles. The first-order chi connectivity index (χ1) is 6.91. The average Bonchev–Trinajstić information content (AvgIpc) is 2.16. The second-order valence-corrected chi connectivity index (χ2v) is 2.60. The molecular formula is C8H3NO6Pb. The Labute approximate surface area is 109 Å². The molecule has 0 aliphatic rings. The van der Waals surface area contributed by atoms with Crippen LogP contribution in [-0.2, 0) is 0 Å². The molecule has 0 saturated heterocycles. The van der Waals surface area contributed by atoms with E-state index in [4.69, 9.17) is 0 Å². The standard InChI is InChI=1S/C8H5NO6.Pb/c10-7(11)4-1-5(8(12)13)3-6(2-4)9(14)15;/h1-3H,(H,10,11)(H,12,13);/q;+2/p-2. The van der Waals surface area contributed by atoms with E-state index in [-0.39, 0.29) is 27.3 Å². The molecule has 8 heteroatoms. The van der Waals surface area contributed by atoms with E-state index in [1.807, 2.05) is 0 Å². The van der Waals surface area contributed by atoms with Gasteiger partial charge in [-0.1, -0.05) is 0 Å². The second kappa shape index (κ2) is 5.53. The summed E-state index contributed by atoms with van der Waals surface area (Å²) in [4.78, 5) is 30.2. The Morgan fingerprint density at radius 1 is 1.00 bits per heavy atom. The van der Waals surface area contributed by atoms with Crippen LogP contribution in [0.25, 0.3) is 0 Å². The van der Waals surface area contributed by atoms with E-state index in [1.165, 1.54) is 0 Å². The van der Waals surface area contributed by atoms with Gasteiger partial charge in [-0.2, -0.15) is 0 Å². The summed E-state index contributed by atoms with van der Waals surface area (Å²) in [5.74, 6) is -3.39. The number of carbonyl (C=O) groups excluding carboxylic acids is 2. The van der Waals surface area contributed by atoms with Crippen LogP contribution in [0.1, 0.15) is 20.7 Å². The van der Waals surface area contributed by atoms with Crippen molar-refractivity contribution in [3.63, 3.8) is 0 Å². The summed E-state index contributed by atoms with van der Waals surface area (Å²) < 4.78 is 0. The number of aromatic carboxylic acids is 2. The average molecular weight is 416 g/mol. The summed E-state index contributed by atoms with van der Waals surface area (Å²) in [5, 5.41) is 31.1. The fourth-order valence-corrected chi connectivity index (χ4v) is 0.952. The van der Waals surface area contributed by atoms with Gasteiger partial charge in [0.2, 0.25) is 0 Å². The third-order valence-electron chi connectivity index (χ3n) is 1.60. The molecule has 0 aromatic heterocycles. The number of nitro groups is 1. The number of carboxylic acids is 2. The van der Waals surface area contributed by atoms with E-state index in [0.717, 1.165) is 6.07 Å². The monoisotopic (exact) mass is 417 g/mol. The Hall–Kier alpha value is -1.52. The van der Waals surface area contributed by atoms with Gasteiger partial charge in [0.25, 0.3) is 5.69 Å². The predicted molar refractivity (Wildman–Crippen MR) is 47.5 cm³/mol. The molecular weight excluding hydrogens is 413 g/mol. The first kappa shape index (κ1) is 14.5. The Bertz CT molecular complexity index is 379. The molecule has 2 radical (unpaired) electrons. The van der Waals surface area contributed by atoms with E-state index >= 15 is 0 Å². The summed E-state index contributed by atoms with van der Waals surface area (Å²) >= 11 is 0. The molecule has 0 unspecified atom stereocenters. The Morgan fingerprint density at radius 3 is 1.62 bits per heavy atom. The van der Waals surface area contributed by atoms with Crippen LogP contribution in [0.4, 0.5) is 5.69 Å². The van der Waals surface area contributed by atoms with Crippen molar-refractivity contribution in [2.24, 2.45) is 0 Å². The SMILES string of the molecule is O=C([O-])c1cc(C(=O)[O-])cc([N+](=O)[O-])c1.[Pb+2]. The van der Waals surface area contributed by atoms with Crippen molar-refractivity contribution in [1.29, 1.82) is 0 Å². The number of rotatable bonds is 3. The largest absolute Gasteiger partial charge is 2.00 e. The van der Waals surface area contributed by atoms with Crippen LogP contribution in [0, 0.1) is 10.1 Å². The Morgan fingerprint density at radius 2 is 1.38 bits per heavy atom. The molecule has 0 fully saturated rings. The minimum Gasteiger partial charge on any atom is -0.545 e. The van der Waals surface area contributed by atoms with Gasteiger partial charge in [0, 0.05) is 23.3 Å². The van der Waals surface area contributed by atoms with Crippen LogP contribution in [-0.4, -0.2) is 44.2 Å². The molecule has 1 aromatic rings. The third-order valence-corrected chi connectivity index (χ3v) is 1.60. The summed E-state index contributed by atoms with van der Waals surface area (Å²) in [6.07, 6.45) is 0. The van der Waals surface area contributed by atoms with E-state index < -0.39 is 33.7 Å². The molecule has 0 aliphatic carbocycles. The molecule has 0 atom stereocenters. The van der Waals surface area contributed by atoms with Gasteiger partial charge in [0.15, 0.2) is 0 Å². The topological polar surface area (TPSA) is 123 Å². The quantitative estimate of drug-likeness (QED) is 0.317. The second-order valence-electron chi connectivity index (χ2n) is 2.60. The maximum absolute atomic E-state index is 10.4. The van der Waals surface area contributed by atoms with Crippen molar-refractivity contribution < 1.29 is 24.7 Å². The third kappa shape index (κ3) is 3.26. The zero-order chi connectivity index (χ0) is 11.6. The van der Waals surface area contributed by atoms with Gasteiger partial charge in [-0.15, -0.1) is 0 Å². The van der Waals surface area contributed by atoms with E-state index in [9.17, 15) is 29.9 Å². The summed E-state index contributed by atoms with van der Waals surface area (Å²) in [7, 11) is 0. The maximum Gasteiger partial charge on any atom is 2.00 e. The molecule has 0 amide bonds. The first-order valence-corrected chi connectivity index (χ1v) is 3.64. The number of carboxylic acid groups (broad SMARTS) is 2. The fourth-order valence-electron chi connectivity index (χ4n) is 0.952. The van der Waals surface area contributed by atoms with Crippen molar-refractivity contribution in [3.8, 4) is 0 Å². The summed E-state index contributed by atoms with van der Waals surface area (Å²) in [6.45, 7) is 0. The van der Waals surface area contributed by atoms with Crippen molar-refractivity contribution in [3.05, 3.63) is 39.4 Å². The summed E-state index contributed by atoms with van der Waals surface area (Å²) in [6, 6.07) is 2.15. The molecule has 0 spiro atoms. The molecule has 0 saturated carbocycles. The van der Waals surface area contributed by atoms with Crippen LogP contribution in [0.3, 0.4) is 0 Å². The zero-order valence-electron chi connectivity index (χ0n) is 7.63. The van der Waals surface area contributed by atoms with E-state index in [2.05, 4.69) is 0 Å². The maximum atomic E-state index is 10.4. The van der Waals surface area contributed by atoms with Gasteiger partial charge in [0.1, 0.15) is 0 Å². The van der Waals surface area contributed by atoms with Crippen molar-refractivity contribution in [2.75, 3.05) is 0 Å². The minimum absolute atomic E-state index is 0. The van der Waals surface area contributed by atoms with Gasteiger partial charge in [0.05, 0.1) is 16.9 Å². The van der Waals surface area contributed by atoms with Crippen molar-refractivity contribution >= 4 is 44.9 Å². The molecule has 0 N–H and O–H groups in total. The number of carbonyl (C=O) groups is 2. The molecule has 0 bridgehead atoms. The first-order valence-electron chi connectivity index (χ1n) is 3.64. The fraction of sp³-hybridized carbons (Fsp3) is 0. The number of nitrogens with zero attached hydrogens (tertiary/aromatic N) is 1. The smallest absolute Gasteiger partial charge is 0.545 e. The number of hydrogen-bond donors (Lipinski definition) is 0. The molecule has 1 aromatic carbocycles. The van der Waals surface area contributed by atoms with Gasteiger partial charge in [-0.05, 0) is 6.07 Å². The van der Waals surface area contributed by atoms with Gasteiger partial charge in [-0.25, -0.2) is 0 Å². The number of non-ortho nitro benzene ring substituents is 1. The number of hydrogen-bond acceptors (Lipinski definition) is 6. The van der Waals surface area contributed by atoms with E-state index in [1.54, 1.807) is 0 Å². The van der Waals surface area contributed by atoms with Crippen molar-refractivity contribution in [2.45, 2.75) is 0 Å². The van der Waals surface area contributed by atoms with Crippen LogP contribution in [0.5, 0.6) is 0 Å². The molecule has 16 heavy (non-hydrogen) atoms. The normalized spacial score (nSPS) is 9.00. The van der Waals surface area contributed by atoms with Gasteiger partial charge >= 0.3 is 27.3 Å². The molecule has 7 nitrogen and oxygen atoms in total. The summed E-state index contributed by atoms with van der Waals surface area (Å²) in [5.41, 5.74) is -1.80. The molecule has 80 valence electrons. The van der Waals surface area contributed by atoms with Crippen LogP contribution in [0.15, 0.2) is 18.2 Å². The molecule has 0 heterocycles. The van der Waals surface area contributed by atoms with Crippen LogP contribution < -0.4 is 10.2 Å². The van der Waals surface area contributed by atoms with Crippen LogP contribution in [0.2, 0.25) is 0 Å². The van der Waals surface area contributed by atoms with Crippen molar-refractivity contribution in [1.82, 2.24) is 0 Å².